The summed E-state index contributed by atoms with van der Waals surface area (Å²) in [7, 11) is 1.65. The molecule has 0 aliphatic heterocycles. The van der Waals surface area contributed by atoms with Gasteiger partial charge in [-0.15, -0.1) is 0 Å². The largest absolute Gasteiger partial charge is 0.331 e. The summed E-state index contributed by atoms with van der Waals surface area (Å²) < 4.78 is 39.9. The fourth-order valence-corrected chi connectivity index (χ4v) is 2.85. The lowest BCUT2D eigenvalue weighted by atomic mass is 10.2. The fourth-order valence-electron chi connectivity index (χ4n) is 2.85. The van der Waals surface area contributed by atoms with Crippen LogP contribution in [0.25, 0.3) is 0 Å². The number of hydrogen-bond acceptors (Lipinski definition) is 2. The molecular weight excluding hydrogens is 383 g/mol. The Hall–Kier alpha value is -2.87. The van der Waals surface area contributed by atoms with Crippen LogP contribution < -0.4 is 10.2 Å². The molecule has 0 fully saturated rings. The zero-order chi connectivity index (χ0) is 21.6. The second-order valence-electron chi connectivity index (χ2n) is 7.18. The molecule has 29 heavy (non-hydrogen) atoms. The zero-order valence-corrected chi connectivity index (χ0v) is 16.6. The molecule has 2 amide bonds. The first-order valence-electron chi connectivity index (χ1n) is 9.27. The van der Waals surface area contributed by atoms with Crippen molar-refractivity contribution in [1.82, 2.24) is 4.90 Å². The molecule has 1 unspecified atom stereocenters. The minimum Gasteiger partial charge on any atom is -0.331 e. The average molecular weight is 408 g/mol. The number of quaternary nitrogens is 1. The monoisotopic (exact) mass is 408 g/mol. The first-order valence-corrected chi connectivity index (χ1v) is 9.27. The highest BCUT2D eigenvalue weighted by molar-refractivity contribution is 5.91. The van der Waals surface area contributed by atoms with Gasteiger partial charge in [-0.25, -0.2) is 13.2 Å². The molecule has 8 heteroatoms. The third-order valence-electron chi connectivity index (χ3n) is 4.36. The van der Waals surface area contributed by atoms with Gasteiger partial charge in [0.2, 0.25) is 0 Å². The molecule has 1 atom stereocenters. The molecule has 2 aromatic carbocycles. The summed E-state index contributed by atoms with van der Waals surface area (Å²) in [6.07, 6.45) is 0. The number of nitrogens with zero attached hydrogens (tertiary/aromatic N) is 1. The van der Waals surface area contributed by atoms with Crippen molar-refractivity contribution in [1.29, 1.82) is 0 Å². The summed E-state index contributed by atoms with van der Waals surface area (Å²) in [5, 5.41) is 2.21. The van der Waals surface area contributed by atoms with Crippen molar-refractivity contribution in [3.8, 4) is 0 Å². The summed E-state index contributed by atoms with van der Waals surface area (Å²) in [4.78, 5) is 27.1. The van der Waals surface area contributed by atoms with Crippen LogP contribution >= 0.6 is 0 Å². The van der Waals surface area contributed by atoms with E-state index in [1.807, 2.05) is 44.2 Å². The Labute approximate surface area is 168 Å². The second kappa shape index (κ2) is 10.1. The van der Waals surface area contributed by atoms with Crippen LogP contribution in [0.15, 0.2) is 42.5 Å². The number of anilines is 1. The van der Waals surface area contributed by atoms with E-state index in [4.69, 9.17) is 0 Å². The highest BCUT2D eigenvalue weighted by Crippen LogP contribution is 2.19. The van der Waals surface area contributed by atoms with Crippen LogP contribution in [-0.2, 0) is 16.1 Å². The molecule has 0 saturated heterocycles. The summed E-state index contributed by atoms with van der Waals surface area (Å²) >= 11 is 0. The van der Waals surface area contributed by atoms with Gasteiger partial charge >= 0.3 is 0 Å². The molecule has 5 nitrogen and oxygen atoms in total. The van der Waals surface area contributed by atoms with Crippen molar-refractivity contribution in [2.75, 3.05) is 25.5 Å². The number of likely N-dealkylation sites (N-methyl/N-ethyl adjacent to an activating group) is 1. The van der Waals surface area contributed by atoms with Crippen molar-refractivity contribution in [2.24, 2.45) is 0 Å². The summed E-state index contributed by atoms with van der Waals surface area (Å²) in [5.74, 6) is -5.18. The number of amides is 2. The van der Waals surface area contributed by atoms with E-state index in [0.717, 1.165) is 17.7 Å². The van der Waals surface area contributed by atoms with Gasteiger partial charge in [0.25, 0.3) is 11.8 Å². The van der Waals surface area contributed by atoms with E-state index in [1.54, 1.807) is 11.9 Å². The molecule has 0 spiro atoms. The normalized spacial score (nSPS) is 12.0. The van der Waals surface area contributed by atoms with Crippen LogP contribution in [0.4, 0.5) is 18.9 Å². The molecule has 0 radical (unpaired) electrons. The minimum atomic E-state index is -1.65. The van der Waals surface area contributed by atoms with E-state index in [2.05, 4.69) is 5.32 Å². The summed E-state index contributed by atoms with van der Waals surface area (Å²) in [6.45, 7) is 4.19. The molecule has 2 N–H and O–H groups in total. The molecule has 0 aliphatic rings. The van der Waals surface area contributed by atoms with Gasteiger partial charge < -0.3 is 15.1 Å². The van der Waals surface area contributed by atoms with Gasteiger partial charge in [0, 0.05) is 12.6 Å². The van der Waals surface area contributed by atoms with E-state index in [-0.39, 0.29) is 25.0 Å². The summed E-state index contributed by atoms with van der Waals surface area (Å²) in [6, 6.07) is 11.2. The predicted molar refractivity (Wildman–Crippen MR) is 104 cm³/mol. The third kappa shape index (κ3) is 6.32. The maximum absolute atomic E-state index is 13.7. The lowest BCUT2D eigenvalue weighted by molar-refractivity contribution is -0.862. The Morgan fingerprint density at radius 1 is 1.00 bits per heavy atom. The first-order chi connectivity index (χ1) is 13.7. The highest BCUT2D eigenvalue weighted by Gasteiger charge is 2.23. The SMILES string of the molecule is CC(C)N(Cc1ccccc1)C(=O)C[NH+](C)CC(=O)Nc1ccc(F)c(F)c1F. The van der Waals surface area contributed by atoms with Gasteiger partial charge in [0.15, 0.2) is 30.5 Å². The maximum Gasteiger partial charge on any atom is 0.279 e. The topological polar surface area (TPSA) is 53.9 Å². The Morgan fingerprint density at radius 3 is 2.28 bits per heavy atom. The third-order valence-corrected chi connectivity index (χ3v) is 4.36. The number of hydrogen-bond donors (Lipinski definition) is 2. The van der Waals surface area contributed by atoms with Crippen LogP contribution in [0.1, 0.15) is 19.4 Å². The Balaban J connectivity index is 1.94. The maximum atomic E-state index is 13.7. The van der Waals surface area contributed by atoms with Gasteiger partial charge in [-0.2, -0.15) is 0 Å². The Kier molecular flexibility index (Phi) is 7.78. The lowest BCUT2D eigenvalue weighted by Gasteiger charge is -2.27. The number of carbonyl (C=O) groups excluding carboxylic acids is 2. The van der Waals surface area contributed by atoms with Gasteiger partial charge in [-0.3, -0.25) is 9.59 Å². The molecule has 0 heterocycles. The van der Waals surface area contributed by atoms with Crippen LogP contribution in [0.3, 0.4) is 0 Å². The first kappa shape index (κ1) is 22.4. The van der Waals surface area contributed by atoms with Crippen LogP contribution in [0.5, 0.6) is 0 Å². The van der Waals surface area contributed by atoms with Crippen LogP contribution in [0, 0.1) is 17.5 Å². The van der Waals surface area contributed by atoms with Gasteiger partial charge in [-0.1, -0.05) is 30.3 Å². The van der Waals surface area contributed by atoms with Crippen molar-refractivity contribution in [3.05, 3.63) is 65.5 Å². The fraction of sp³-hybridized carbons (Fsp3) is 0.333. The number of halogens is 3. The molecule has 2 aromatic rings. The van der Waals surface area contributed by atoms with Gasteiger partial charge in [0.05, 0.1) is 12.7 Å². The van der Waals surface area contributed by atoms with Crippen molar-refractivity contribution in [3.63, 3.8) is 0 Å². The molecular formula is C21H25F3N3O2+. The quantitative estimate of drug-likeness (QED) is 0.657. The lowest BCUT2D eigenvalue weighted by Crippen LogP contribution is -3.11. The number of rotatable bonds is 8. The smallest absolute Gasteiger partial charge is 0.279 e. The minimum absolute atomic E-state index is 0.0272. The van der Waals surface area contributed by atoms with Crippen molar-refractivity contribution in [2.45, 2.75) is 26.4 Å². The Bertz CT molecular complexity index is 860. The van der Waals surface area contributed by atoms with E-state index in [0.29, 0.717) is 11.4 Å². The van der Waals surface area contributed by atoms with Crippen molar-refractivity contribution < 1.29 is 27.7 Å². The van der Waals surface area contributed by atoms with Crippen LogP contribution in [-0.4, -0.2) is 42.9 Å². The molecule has 0 aliphatic carbocycles. The molecule has 2 rings (SSSR count). The van der Waals surface area contributed by atoms with E-state index in [9.17, 15) is 22.8 Å². The van der Waals surface area contributed by atoms with Gasteiger partial charge in [0.1, 0.15) is 0 Å². The average Bonchev–Trinajstić information content (AvgIpc) is 2.66. The molecule has 0 aromatic heterocycles. The second-order valence-corrected chi connectivity index (χ2v) is 7.18. The Morgan fingerprint density at radius 2 is 1.66 bits per heavy atom. The molecule has 156 valence electrons. The standard InChI is InChI=1S/C21H24F3N3O2/c1-14(2)27(11-15-7-5-4-6-8-15)19(29)13-26(3)12-18(28)25-17-10-9-16(22)20(23)21(17)24/h4-10,14H,11-13H2,1-3H3,(H,25,28)/p+1. The zero-order valence-electron chi connectivity index (χ0n) is 16.6. The molecule has 0 saturated carbocycles. The van der Waals surface area contributed by atoms with E-state index in [1.165, 1.54) is 0 Å². The number of carbonyl (C=O) groups is 2. The van der Waals surface area contributed by atoms with E-state index >= 15 is 0 Å². The van der Waals surface area contributed by atoms with Crippen LogP contribution in [0.2, 0.25) is 0 Å². The molecule has 0 bridgehead atoms. The number of nitrogens with one attached hydrogen (secondary N) is 2. The van der Waals surface area contributed by atoms with E-state index < -0.39 is 29.0 Å². The predicted octanol–water partition coefficient (Wildman–Crippen LogP) is 1.99. The number of benzene rings is 2. The summed E-state index contributed by atoms with van der Waals surface area (Å²) in [5.41, 5.74) is 0.555. The van der Waals surface area contributed by atoms with Gasteiger partial charge in [-0.05, 0) is 31.5 Å². The highest BCUT2D eigenvalue weighted by atomic mass is 19.2. The van der Waals surface area contributed by atoms with Crippen molar-refractivity contribution >= 4 is 17.5 Å².